The van der Waals surface area contributed by atoms with Crippen molar-refractivity contribution in [2.45, 2.75) is 20.4 Å². The molecular formula is C19H25N5O. The molecule has 2 aromatic rings. The number of nitrogens with zero attached hydrogens (tertiary/aromatic N) is 4. The number of piperazine rings is 1. The first kappa shape index (κ1) is 17.2. The number of pyridine rings is 1. The molecule has 1 aromatic heterocycles. The number of aliphatic imine (C=N–C) groups is 1. The molecule has 1 aliphatic heterocycles. The molecule has 0 aliphatic carbocycles. The number of hydrogen-bond donors (Lipinski definition) is 1. The molecule has 0 saturated carbocycles. The van der Waals surface area contributed by atoms with E-state index in [0.717, 1.165) is 55.1 Å². The van der Waals surface area contributed by atoms with Crippen LogP contribution in [-0.2, 0) is 11.3 Å². The molecule has 0 radical (unpaired) electrons. The fourth-order valence-corrected chi connectivity index (χ4v) is 3.11. The van der Waals surface area contributed by atoms with Crippen LogP contribution in [0.4, 0.5) is 0 Å². The highest BCUT2D eigenvalue weighted by Crippen LogP contribution is 2.17. The van der Waals surface area contributed by atoms with Crippen LogP contribution >= 0.6 is 0 Å². The number of nitrogens with one attached hydrogen (secondary N) is 1. The zero-order valence-corrected chi connectivity index (χ0v) is 14.9. The van der Waals surface area contributed by atoms with E-state index < -0.39 is 0 Å². The Morgan fingerprint density at radius 2 is 1.88 bits per heavy atom. The molecule has 3 rings (SSSR count). The summed E-state index contributed by atoms with van der Waals surface area (Å²) in [5, 5.41) is 4.50. The highest BCUT2D eigenvalue weighted by atomic mass is 16.2. The van der Waals surface area contributed by atoms with E-state index in [2.05, 4.69) is 40.3 Å². The number of carbonyl (C=O) groups excluding carboxylic acids is 1. The first-order chi connectivity index (χ1) is 12.2. The SMILES string of the molecule is CCNC(=NCc1cccc2cccnc12)N1CCN(C(C)=O)CC1. The van der Waals surface area contributed by atoms with E-state index in [1.165, 1.54) is 0 Å². The second-order valence-corrected chi connectivity index (χ2v) is 6.16. The zero-order chi connectivity index (χ0) is 17.6. The molecule has 25 heavy (non-hydrogen) atoms. The van der Waals surface area contributed by atoms with Gasteiger partial charge in [-0.15, -0.1) is 0 Å². The number of benzene rings is 1. The average molecular weight is 339 g/mol. The third-order valence-corrected chi connectivity index (χ3v) is 4.47. The molecule has 1 fully saturated rings. The summed E-state index contributed by atoms with van der Waals surface area (Å²) < 4.78 is 0. The predicted octanol–water partition coefficient (Wildman–Crippen LogP) is 1.86. The molecule has 1 aromatic carbocycles. The van der Waals surface area contributed by atoms with Crippen LogP contribution in [-0.4, -0.2) is 59.4 Å². The van der Waals surface area contributed by atoms with Crippen LogP contribution in [0.25, 0.3) is 10.9 Å². The Bertz CT molecular complexity index is 760. The average Bonchev–Trinajstić information content (AvgIpc) is 2.65. The monoisotopic (exact) mass is 339 g/mol. The van der Waals surface area contributed by atoms with Gasteiger partial charge in [0.1, 0.15) is 0 Å². The van der Waals surface area contributed by atoms with Gasteiger partial charge < -0.3 is 15.1 Å². The summed E-state index contributed by atoms with van der Waals surface area (Å²) in [6.07, 6.45) is 1.82. The van der Waals surface area contributed by atoms with Gasteiger partial charge in [0.2, 0.25) is 5.91 Å². The summed E-state index contributed by atoms with van der Waals surface area (Å²) >= 11 is 0. The van der Waals surface area contributed by atoms with E-state index in [0.29, 0.717) is 6.54 Å². The highest BCUT2D eigenvalue weighted by molar-refractivity contribution is 5.83. The van der Waals surface area contributed by atoms with Crippen molar-refractivity contribution in [1.29, 1.82) is 0 Å². The first-order valence-electron chi connectivity index (χ1n) is 8.80. The van der Waals surface area contributed by atoms with Crippen molar-refractivity contribution >= 4 is 22.8 Å². The molecule has 1 aliphatic rings. The van der Waals surface area contributed by atoms with E-state index >= 15 is 0 Å². The normalized spacial score (nSPS) is 15.5. The van der Waals surface area contributed by atoms with Crippen molar-refractivity contribution in [2.24, 2.45) is 4.99 Å². The molecule has 1 saturated heterocycles. The molecule has 1 N–H and O–H groups in total. The number of hydrogen-bond acceptors (Lipinski definition) is 3. The van der Waals surface area contributed by atoms with E-state index in [1.807, 2.05) is 23.2 Å². The lowest BCUT2D eigenvalue weighted by Gasteiger charge is -2.36. The predicted molar refractivity (Wildman–Crippen MR) is 100 cm³/mol. The van der Waals surface area contributed by atoms with Crippen molar-refractivity contribution in [2.75, 3.05) is 32.7 Å². The first-order valence-corrected chi connectivity index (χ1v) is 8.80. The van der Waals surface area contributed by atoms with Crippen molar-refractivity contribution < 1.29 is 4.79 Å². The van der Waals surface area contributed by atoms with Crippen LogP contribution in [0.1, 0.15) is 19.4 Å². The standard InChI is InChI=1S/C19H25N5O/c1-3-20-19(24-12-10-23(11-13-24)15(2)25)22-14-17-7-4-6-16-8-5-9-21-18(16)17/h4-9H,3,10-14H2,1-2H3,(H,20,22). The minimum absolute atomic E-state index is 0.142. The smallest absolute Gasteiger partial charge is 0.219 e. The lowest BCUT2D eigenvalue weighted by atomic mass is 10.1. The fourth-order valence-electron chi connectivity index (χ4n) is 3.11. The van der Waals surface area contributed by atoms with Gasteiger partial charge in [-0.2, -0.15) is 0 Å². The fraction of sp³-hybridized carbons (Fsp3) is 0.421. The van der Waals surface area contributed by atoms with Crippen molar-refractivity contribution in [1.82, 2.24) is 20.1 Å². The van der Waals surface area contributed by atoms with Crippen LogP contribution in [0.5, 0.6) is 0 Å². The van der Waals surface area contributed by atoms with Crippen LogP contribution in [0.3, 0.4) is 0 Å². The molecule has 6 nitrogen and oxygen atoms in total. The summed E-state index contributed by atoms with van der Waals surface area (Å²) in [5.41, 5.74) is 2.13. The van der Waals surface area contributed by atoms with Crippen molar-refractivity contribution in [3.8, 4) is 0 Å². The largest absolute Gasteiger partial charge is 0.357 e. The highest BCUT2D eigenvalue weighted by Gasteiger charge is 2.20. The van der Waals surface area contributed by atoms with Gasteiger partial charge in [-0.05, 0) is 18.6 Å². The maximum Gasteiger partial charge on any atom is 0.219 e. The molecule has 0 bridgehead atoms. The Labute approximate surface area is 148 Å². The summed E-state index contributed by atoms with van der Waals surface area (Å²) in [7, 11) is 0. The molecule has 0 atom stereocenters. The zero-order valence-electron chi connectivity index (χ0n) is 14.9. The van der Waals surface area contributed by atoms with Gasteiger partial charge in [0.05, 0.1) is 12.1 Å². The Kier molecular flexibility index (Phi) is 5.48. The van der Waals surface area contributed by atoms with Gasteiger partial charge in [0, 0.05) is 51.2 Å². The van der Waals surface area contributed by atoms with E-state index in [-0.39, 0.29) is 5.91 Å². The molecule has 0 spiro atoms. The van der Waals surface area contributed by atoms with Gasteiger partial charge in [-0.1, -0.05) is 24.3 Å². The van der Waals surface area contributed by atoms with Crippen LogP contribution in [0, 0.1) is 0 Å². The van der Waals surface area contributed by atoms with Crippen LogP contribution in [0.2, 0.25) is 0 Å². The maximum absolute atomic E-state index is 11.5. The van der Waals surface area contributed by atoms with Crippen molar-refractivity contribution in [3.05, 3.63) is 42.1 Å². The number of aromatic nitrogens is 1. The number of carbonyl (C=O) groups is 1. The number of rotatable bonds is 3. The summed E-state index contributed by atoms with van der Waals surface area (Å²) in [4.78, 5) is 24.9. The van der Waals surface area contributed by atoms with Gasteiger partial charge >= 0.3 is 0 Å². The Morgan fingerprint density at radius 3 is 2.60 bits per heavy atom. The van der Waals surface area contributed by atoms with Crippen LogP contribution in [0.15, 0.2) is 41.5 Å². The third kappa shape index (κ3) is 4.07. The van der Waals surface area contributed by atoms with Gasteiger partial charge in [-0.3, -0.25) is 9.78 Å². The summed E-state index contributed by atoms with van der Waals surface area (Å²) in [6.45, 7) is 8.20. The molecule has 132 valence electrons. The minimum atomic E-state index is 0.142. The number of fused-ring (bicyclic) bond motifs is 1. The Morgan fingerprint density at radius 1 is 1.16 bits per heavy atom. The third-order valence-electron chi connectivity index (χ3n) is 4.47. The Balaban J connectivity index is 1.75. The number of amides is 1. The van der Waals surface area contributed by atoms with Gasteiger partial charge in [-0.25, -0.2) is 4.99 Å². The summed E-state index contributed by atoms with van der Waals surface area (Å²) in [6, 6.07) is 10.2. The lowest BCUT2D eigenvalue weighted by molar-refractivity contribution is -0.130. The van der Waals surface area contributed by atoms with E-state index in [4.69, 9.17) is 4.99 Å². The molecule has 1 amide bonds. The van der Waals surface area contributed by atoms with Gasteiger partial charge in [0.15, 0.2) is 5.96 Å². The second kappa shape index (κ2) is 7.96. The quantitative estimate of drug-likeness (QED) is 0.685. The molecule has 0 unspecified atom stereocenters. The van der Waals surface area contributed by atoms with Crippen LogP contribution < -0.4 is 5.32 Å². The Hall–Kier alpha value is -2.63. The molecule has 2 heterocycles. The minimum Gasteiger partial charge on any atom is -0.357 e. The van der Waals surface area contributed by atoms with E-state index in [1.54, 1.807) is 6.92 Å². The number of guanidine groups is 1. The second-order valence-electron chi connectivity index (χ2n) is 6.16. The lowest BCUT2D eigenvalue weighted by Crippen LogP contribution is -2.53. The molecular weight excluding hydrogens is 314 g/mol. The van der Waals surface area contributed by atoms with Crippen molar-refractivity contribution in [3.63, 3.8) is 0 Å². The van der Waals surface area contributed by atoms with Gasteiger partial charge in [0.25, 0.3) is 0 Å². The van der Waals surface area contributed by atoms with E-state index in [9.17, 15) is 4.79 Å². The molecule has 6 heteroatoms. The summed E-state index contributed by atoms with van der Waals surface area (Å²) in [5.74, 6) is 1.04. The maximum atomic E-state index is 11.5. The topological polar surface area (TPSA) is 60.8 Å². The number of para-hydroxylation sites is 1.